The average molecular weight is 741 g/mol. The molecule has 3 atom stereocenters. The lowest BCUT2D eigenvalue weighted by atomic mass is 9.91. The Bertz CT molecular complexity index is 2240. The number of methoxy groups -OCH3 is 1. The SMILES string of the molecule is COC[C@H](c1cccnc1N)N1CCOc2c(C(F)(F)F)c(-c3ccc(F)c4sc(N)c(C#N)c34)c(F)c3nc(OC(C)C4CCCN4C)nc1c23. The average Bonchev–Trinajstić information content (AvgIpc) is 3.63. The first kappa shape index (κ1) is 35.4. The van der Waals surface area contributed by atoms with Gasteiger partial charge in [0, 0.05) is 35.9 Å². The predicted octanol–water partition coefficient (Wildman–Crippen LogP) is 6.69. The molecule has 0 aliphatic carbocycles. The first-order chi connectivity index (χ1) is 24.8. The summed E-state index contributed by atoms with van der Waals surface area (Å²) in [4.78, 5) is 17.0. The van der Waals surface area contributed by atoms with Crippen molar-refractivity contribution in [2.45, 2.75) is 44.1 Å². The van der Waals surface area contributed by atoms with Crippen LogP contribution in [0.3, 0.4) is 0 Å². The highest BCUT2D eigenvalue weighted by molar-refractivity contribution is 7.23. The number of ether oxygens (including phenoxy) is 3. The van der Waals surface area contributed by atoms with E-state index in [2.05, 4.69) is 19.9 Å². The van der Waals surface area contributed by atoms with Gasteiger partial charge in [-0.25, -0.2) is 13.8 Å². The van der Waals surface area contributed by atoms with Crippen LogP contribution < -0.4 is 25.8 Å². The number of aromatic nitrogens is 3. The molecule has 2 aliphatic rings. The van der Waals surface area contributed by atoms with Crippen molar-refractivity contribution in [3.05, 3.63) is 58.8 Å². The zero-order valence-corrected chi connectivity index (χ0v) is 29.0. The standard InChI is InChI=1S/C35H33F5N8O3S/c1-16(21-7-5-11-47(21)2)51-34-45-28-25-29(50-13-12-48(33(25)46-34)22(15-49-3)17-6-4-10-44-31(17)42)26(35(38,39)40)24(27(28)37)18-8-9-20(36)30-23(18)19(14-41)32(43)52-30/h4,6,8-10,16,21-22H,5,7,11-13,15,43H2,1-3H3,(H2,42,44)/t16?,21?,22-/m1/s1. The van der Waals surface area contributed by atoms with E-state index in [-0.39, 0.29) is 69.5 Å². The number of fused-ring (bicyclic) bond motifs is 1. The third kappa shape index (κ3) is 5.84. The summed E-state index contributed by atoms with van der Waals surface area (Å²) in [6.45, 7) is 2.30. The summed E-state index contributed by atoms with van der Waals surface area (Å²) in [6.07, 6.45) is -2.47. The second-order valence-electron chi connectivity index (χ2n) is 12.7. The first-order valence-electron chi connectivity index (χ1n) is 16.4. The summed E-state index contributed by atoms with van der Waals surface area (Å²) >= 11 is 0.679. The molecule has 0 bridgehead atoms. The molecule has 52 heavy (non-hydrogen) atoms. The van der Waals surface area contributed by atoms with Gasteiger partial charge < -0.3 is 30.6 Å². The lowest BCUT2D eigenvalue weighted by Gasteiger charge is -2.33. The zero-order chi connectivity index (χ0) is 37.1. The topological polar surface area (TPSA) is 149 Å². The summed E-state index contributed by atoms with van der Waals surface area (Å²) < 4.78 is 96.4. The molecule has 0 spiro atoms. The maximum absolute atomic E-state index is 17.4. The number of pyridine rings is 1. The number of nitrogen functional groups attached to an aromatic ring is 2. The molecule has 5 heterocycles. The van der Waals surface area contributed by atoms with Crippen LogP contribution in [0.5, 0.6) is 11.8 Å². The molecular weight excluding hydrogens is 707 g/mol. The number of rotatable bonds is 8. The molecule has 4 N–H and O–H groups in total. The fourth-order valence-corrected chi connectivity index (χ4v) is 8.30. The molecule has 2 unspecified atom stereocenters. The Hall–Kier alpha value is -5.05. The van der Waals surface area contributed by atoms with Gasteiger partial charge in [-0.2, -0.15) is 28.4 Å². The summed E-state index contributed by atoms with van der Waals surface area (Å²) in [6, 6.07) is 6.03. The Kier molecular flexibility index (Phi) is 9.17. The fraction of sp³-hybridized carbons (Fsp3) is 0.371. The molecule has 272 valence electrons. The van der Waals surface area contributed by atoms with Gasteiger partial charge in [-0.05, 0) is 51.1 Å². The lowest BCUT2D eigenvalue weighted by Crippen LogP contribution is -2.38. The fourth-order valence-electron chi connectivity index (χ4n) is 7.35. The Morgan fingerprint density at radius 3 is 2.62 bits per heavy atom. The Morgan fingerprint density at radius 2 is 1.94 bits per heavy atom. The molecule has 0 amide bonds. The Balaban J connectivity index is 1.58. The number of halogens is 5. The van der Waals surface area contributed by atoms with E-state index >= 15 is 22.0 Å². The van der Waals surface area contributed by atoms with Gasteiger partial charge in [0.2, 0.25) is 0 Å². The van der Waals surface area contributed by atoms with Crippen molar-refractivity contribution < 1.29 is 36.2 Å². The van der Waals surface area contributed by atoms with Crippen molar-refractivity contribution >= 4 is 49.0 Å². The van der Waals surface area contributed by atoms with Gasteiger partial charge in [0.25, 0.3) is 0 Å². The molecule has 3 aromatic heterocycles. The zero-order valence-electron chi connectivity index (χ0n) is 28.2. The first-order valence-corrected chi connectivity index (χ1v) is 17.2. The number of hydrogen-bond donors (Lipinski definition) is 2. The molecule has 0 radical (unpaired) electrons. The Labute approximate surface area is 298 Å². The molecule has 0 saturated carbocycles. The van der Waals surface area contributed by atoms with E-state index in [1.165, 1.54) is 13.3 Å². The van der Waals surface area contributed by atoms with E-state index in [1.807, 2.05) is 20.0 Å². The van der Waals surface area contributed by atoms with Gasteiger partial charge in [-0.3, -0.25) is 4.90 Å². The van der Waals surface area contributed by atoms with Crippen molar-refractivity contribution in [2.75, 3.05) is 56.8 Å². The largest absolute Gasteiger partial charge is 0.490 e. The second kappa shape index (κ2) is 13.5. The van der Waals surface area contributed by atoms with Crippen molar-refractivity contribution in [2.24, 2.45) is 0 Å². The van der Waals surface area contributed by atoms with Crippen LogP contribution in [0.1, 0.15) is 42.5 Å². The minimum Gasteiger partial charge on any atom is -0.490 e. The molecule has 2 aliphatic heterocycles. The number of likely N-dealkylation sites (N-methyl/N-ethyl adjacent to an activating group) is 1. The van der Waals surface area contributed by atoms with Crippen LogP contribution in [0.4, 0.5) is 38.6 Å². The summed E-state index contributed by atoms with van der Waals surface area (Å²) in [5.74, 6) is -2.93. The van der Waals surface area contributed by atoms with Gasteiger partial charge >= 0.3 is 12.2 Å². The number of anilines is 3. The highest BCUT2D eigenvalue weighted by Crippen LogP contribution is 2.54. The molecule has 1 fully saturated rings. The minimum atomic E-state index is -5.22. The molecule has 11 nitrogen and oxygen atoms in total. The van der Waals surface area contributed by atoms with E-state index in [0.29, 0.717) is 16.9 Å². The number of nitriles is 1. The number of hydrogen-bond acceptors (Lipinski definition) is 12. The molecule has 5 aromatic rings. The van der Waals surface area contributed by atoms with Crippen molar-refractivity contribution in [3.63, 3.8) is 0 Å². The smallest absolute Gasteiger partial charge is 0.420 e. The number of nitrogens with two attached hydrogens (primary N) is 2. The monoisotopic (exact) mass is 740 g/mol. The second-order valence-corrected chi connectivity index (χ2v) is 13.8. The lowest BCUT2D eigenvalue weighted by molar-refractivity contribution is -0.138. The molecule has 1 saturated heterocycles. The van der Waals surface area contributed by atoms with Crippen molar-refractivity contribution in [1.82, 2.24) is 19.9 Å². The molecule has 7 rings (SSSR count). The van der Waals surface area contributed by atoms with Crippen LogP contribution >= 0.6 is 11.3 Å². The van der Waals surface area contributed by atoms with E-state index in [9.17, 15) is 5.26 Å². The van der Waals surface area contributed by atoms with Gasteiger partial charge in [0.15, 0.2) is 5.82 Å². The van der Waals surface area contributed by atoms with Crippen LogP contribution in [-0.4, -0.2) is 72.5 Å². The van der Waals surface area contributed by atoms with Crippen molar-refractivity contribution in [1.29, 1.82) is 5.26 Å². The van der Waals surface area contributed by atoms with Gasteiger partial charge in [-0.1, -0.05) is 12.1 Å². The summed E-state index contributed by atoms with van der Waals surface area (Å²) in [5, 5.41) is 9.18. The summed E-state index contributed by atoms with van der Waals surface area (Å²) in [7, 11) is 3.40. The highest BCUT2D eigenvalue weighted by Gasteiger charge is 2.44. The third-order valence-electron chi connectivity index (χ3n) is 9.68. The van der Waals surface area contributed by atoms with Crippen molar-refractivity contribution in [3.8, 4) is 29.0 Å². The van der Waals surface area contributed by atoms with E-state index in [4.69, 9.17) is 25.7 Å². The van der Waals surface area contributed by atoms with E-state index in [1.54, 1.807) is 17.0 Å². The Morgan fingerprint density at radius 1 is 1.15 bits per heavy atom. The maximum Gasteiger partial charge on any atom is 0.420 e. The number of alkyl halides is 3. The normalized spacial score (nSPS) is 17.6. The van der Waals surface area contributed by atoms with E-state index < -0.39 is 57.9 Å². The van der Waals surface area contributed by atoms with Crippen LogP contribution in [-0.2, 0) is 10.9 Å². The van der Waals surface area contributed by atoms with Gasteiger partial charge in [0.1, 0.15) is 58.1 Å². The molecular formula is C35H33F5N8O3S. The van der Waals surface area contributed by atoms with Crippen LogP contribution in [0.25, 0.3) is 32.1 Å². The van der Waals surface area contributed by atoms with E-state index in [0.717, 1.165) is 31.5 Å². The summed E-state index contributed by atoms with van der Waals surface area (Å²) in [5.41, 5.74) is 9.11. The van der Waals surface area contributed by atoms with Crippen LogP contribution in [0.2, 0.25) is 0 Å². The molecule has 17 heteroatoms. The number of thiophene rings is 1. The number of benzene rings is 2. The van der Waals surface area contributed by atoms with Gasteiger partial charge in [0.05, 0.1) is 34.8 Å². The number of nitrogens with zero attached hydrogens (tertiary/aromatic N) is 6. The maximum atomic E-state index is 17.4. The predicted molar refractivity (Wildman–Crippen MR) is 186 cm³/mol. The van der Waals surface area contributed by atoms with Crippen LogP contribution in [0, 0.1) is 23.0 Å². The number of likely N-dealkylation sites (tertiary alicyclic amines) is 1. The third-order valence-corrected chi connectivity index (χ3v) is 10.7. The van der Waals surface area contributed by atoms with Crippen LogP contribution in [0.15, 0.2) is 30.5 Å². The van der Waals surface area contributed by atoms with Gasteiger partial charge in [-0.15, -0.1) is 11.3 Å². The highest BCUT2D eigenvalue weighted by atomic mass is 32.1. The quantitative estimate of drug-likeness (QED) is 0.164. The molecule has 2 aromatic carbocycles. The minimum absolute atomic E-state index is 0.00699.